The summed E-state index contributed by atoms with van der Waals surface area (Å²) in [5.41, 5.74) is 0. The van der Waals surface area contributed by atoms with Crippen LogP contribution >= 0.6 is 0 Å². The molecule has 1 aliphatic rings. The highest BCUT2D eigenvalue weighted by molar-refractivity contribution is 5.84. The van der Waals surface area contributed by atoms with Crippen LogP contribution in [0.4, 0.5) is 0 Å². The van der Waals surface area contributed by atoms with Crippen molar-refractivity contribution in [1.82, 2.24) is 0 Å². The molecular formula is C13H18O4. The summed E-state index contributed by atoms with van der Waals surface area (Å²) in [6.07, 6.45) is 3.61. The van der Waals surface area contributed by atoms with Gasteiger partial charge in [-0.05, 0) is 36.8 Å². The second-order valence-corrected chi connectivity index (χ2v) is 4.98. The summed E-state index contributed by atoms with van der Waals surface area (Å²) in [4.78, 5) is 10.7. The first-order valence-electron chi connectivity index (χ1n) is 6.09. The van der Waals surface area contributed by atoms with E-state index < -0.39 is 12.1 Å². The molecule has 1 fully saturated rings. The van der Waals surface area contributed by atoms with E-state index in [9.17, 15) is 9.90 Å². The summed E-state index contributed by atoms with van der Waals surface area (Å²) in [6.45, 7) is 2.18. The molecule has 3 atom stereocenters. The minimum Gasteiger partial charge on any atom is -0.475 e. The van der Waals surface area contributed by atoms with Crippen molar-refractivity contribution in [3.05, 3.63) is 23.7 Å². The number of aliphatic hydroxyl groups is 1. The summed E-state index contributed by atoms with van der Waals surface area (Å²) < 4.78 is 5.15. The van der Waals surface area contributed by atoms with Gasteiger partial charge in [-0.15, -0.1) is 0 Å². The van der Waals surface area contributed by atoms with Gasteiger partial charge in [-0.1, -0.05) is 19.8 Å². The van der Waals surface area contributed by atoms with Crippen molar-refractivity contribution < 1.29 is 19.4 Å². The van der Waals surface area contributed by atoms with Crippen molar-refractivity contribution in [2.45, 2.75) is 38.7 Å². The number of aliphatic hydroxyl groups excluding tert-OH is 1. The Bertz CT molecular complexity index is 396. The van der Waals surface area contributed by atoms with Gasteiger partial charge in [0.15, 0.2) is 0 Å². The van der Waals surface area contributed by atoms with Crippen LogP contribution in [0.5, 0.6) is 0 Å². The van der Waals surface area contributed by atoms with Crippen molar-refractivity contribution >= 4 is 5.97 Å². The number of carbonyl (C=O) groups is 1. The van der Waals surface area contributed by atoms with Crippen LogP contribution in [0.2, 0.25) is 0 Å². The van der Waals surface area contributed by atoms with Crippen molar-refractivity contribution in [3.8, 4) is 0 Å². The Morgan fingerprint density at radius 3 is 2.82 bits per heavy atom. The maximum absolute atomic E-state index is 10.7. The lowest BCUT2D eigenvalue weighted by atomic mass is 9.79. The lowest BCUT2D eigenvalue weighted by Crippen LogP contribution is -2.19. The first-order valence-corrected chi connectivity index (χ1v) is 6.09. The van der Waals surface area contributed by atoms with Gasteiger partial charge >= 0.3 is 5.97 Å². The molecule has 2 rings (SSSR count). The predicted octanol–water partition coefficient (Wildman–Crippen LogP) is 2.84. The monoisotopic (exact) mass is 238 g/mol. The molecule has 94 valence electrons. The van der Waals surface area contributed by atoms with E-state index in [4.69, 9.17) is 9.52 Å². The number of aromatic carboxylic acids is 1. The average Bonchev–Trinajstić information content (AvgIpc) is 2.77. The van der Waals surface area contributed by atoms with Gasteiger partial charge in [0.2, 0.25) is 5.76 Å². The van der Waals surface area contributed by atoms with Gasteiger partial charge in [0, 0.05) is 0 Å². The zero-order valence-electron chi connectivity index (χ0n) is 9.93. The summed E-state index contributed by atoms with van der Waals surface area (Å²) in [5, 5.41) is 18.9. The topological polar surface area (TPSA) is 70.7 Å². The average molecular weight is 238 g/mol. The number of carboxylic acids is 1. The normalized spacial score (nSPS) is 26.7. The van der Waals surface area contributed by atoms with Crippen LogP contribution in [-0.2, 0) is 0 Å². The number of hydrogen-bond donors (Lipinski definition) is 2. The third kappa shape index (κ3) is 2.69. The Balaban J connectivity index is 2.07. The highest BCUT2D eigenvalue weighted by Gasteiger charge is 2.28. The fourth-order valence-electron chi connectivity index (χ4n) is 2.63. The SMILES string of the molecule is CC1CCCC(C(O)c2ccc(C(=O)O)o2)C1. The molecule has 0 bridgehead atoms. The first kappa shape index (κ1) is 12.2. The minimum atomic E-state index is -1.10. The molecule has 17 heavy (non-hydrogen) atoms. The number of carboxylic acid groups (broad SMARTS) is 1. The highest BCUT2D eigenvalue weighted by Crippen LogP contribution is 2.37. The second-order valence-electron chi connectivity index (χ2n) is 4.98. The van der Waals surface area contributed by atoms with Crippen LogP contribution in [0.1, 0.15) is 55.0 Å². The summed E-state index contributed by atoms with van der Waals surface area (Å²) in [5.74, 6) is -0.0197. The third-order valence-corrected chi connectivity index (χ3v) is 3.55. The predicted molar refractivity (Wildman–Crippen MR) is 61.7 cm³/mol. The Hall–Kier alpha value is -1.29. The fourth-order valence-corrected chi connectivity index (χ4v) is 2.63. The maximum atomic E-state index is 10.7. The van der Waals surface area contributed by atoms with E-state index >= 15 is 0 Å². The van der Waals surface area contributed by atoms with Gasteiger partial charge in [0.1, 0.15) is 11.9 Å². The standard InChI is InChI=1S/C13H18O4/c1-8-3-2-4-9(7-8)12(14)10-5-6-11(17-10)13(15)16/h5-6,8-9,12,14H,2-4,7H2,1H3,(H,15,16). The van der Waals surface area contributed by atoms with E-state index in [2.05, 4.69) is 6.92 Å². The van der Waals surface area contributed by atoms with E-state index in [0.717, 1.165) is 19.3 Å². The van der Waals surface area contributed by atoms with Crippen molar-refractivity contribution in [2.75, 3.05) is 0 Å². The van der Waals surface area contributed by atoms with Crippen LogP contribution < -0.4 is 0 Å². The van der Waals surface area contributed by atoms with Gasteiger partial charge in [-0.25, -0.2) is 4.79 Å². The van der Waals surface area contributed by atoms with Crippen molar-refractivity contribution in [2.24, 2.45) is 11.8 Å². The Morgan fingerprint density at radius 2 is 2.24 bits per heavy atom. The summed E-state index contributed by atoms with van der Waals surface area (Å²) in [6, 6.07) is 2.96. The molecule has 1 aromatic rings. The summed E-state index contributed by atoms with van der Waals surface area (Å²) in [7, 11) is 0. The van der Waals surface area contributed by atoms with Gasteiger partial charge in [-0.3, -0.25) is 0 Å². The molecule has 1 heterocycles. The van der Waals surface area contributed by atoms with E-state index in [-0.39, 0.29) is 11.7 Å². The van der Waals surface area contributed by atoms with Gasteiger partial charge in [0.05, 0.1) is 0 Å². The molecule has 4 nitrogen and oxygen atoms in total. The second kappa shape index (κ2) is 4.92. The van der Waals surface area contributed by atoms with E-state index in [1.807, 2.05) is 0 Å². The molecule has 2 N–H and O–H groups in total. The molecule has 4 heteroatoms. The molecule has 0 aromatic carbocycles. The molecule has 1 saturated carbocycles. The maximum Gasteiger partial charge on any atom is 0.371 e. The molecule has 0 aliphatic heterocycles. The molecule has 0 amide bonds. The molecule has 3 unspecified atom stereocenters. The quantitative estimate of drug-likeness (QED) is 0.849. The molecule has 1 aliphatic carbocycles. The molecular weight excluding hydrogens is 220 g/mol. The number of furan rings is 1. The largest absolute Gasteiger partial charge is 0.475 e. The Kier molecular flexibility index (Phi) is 3.52. The summed E-state index contributed by atoms with van der Waals surface area (Å²) >= 11 is 0. The molecule has 0 saturated heterocycles. The zero-order valence-corrected chi connectivity index (χ0v) is 9.93. The Morgan fingerprint density at radius 1 is 1.47 bits per heavy atom. The van der Waals surface area contributed by atoms with Crippen molar-refractivity contribution in [3.63, 3.8) is 0 Å². The Labute approximate surface area is 100 Å². The van der Waals surface area contributed by atoms with Crippen molar-refractivity contribution in [1.29, 1.82) is 0 Å². The first-order chi connectivity index (χ1) is 8.08. The van der Waals surface area contributed by atoms with Crippen LogP contribution in [-0.4, -0.2) is 16.2 Å². The highest BCUT2D eigenvalue weighted by atomic mass is 16.4. The van der Waals surface area contributed by atoms with Crippen LogP contribution in [0.25, 0.3) is 0 Å². The fraction of sp³-hybridized carbons (Fsp3) is 0.615. The number of rotatable bonds is 3. The van der Waals surface area contributed by atoms with E-state index in [1.165, 1.54) is 12.5 Å². The third-order valence-electron chi connectivity index (χ3n) is 3.55. The van der Waals surface area contributed by atoms with Crippen LogP contribution in [0, 0.1) is 11.8 Å². The van der Waals surface area contributed by atoms with E-state index in [0.29, 0.717) is 11.7 Å². The van der Waals surface area contributed by atoms with Gasteiger partial charge in [0.25, 0.3) is 0 Å². The number of hydrogen-bond acceptors (Lipinski definition) is 3. The lowest BCUT2D eigenvalue weighted by molar-refractivity contribution is 0.0492. The minimum absolute atomic E-state index is 0.108. The van der Waals surface area contributed by atoms with E-state index in [1.54, 1.807) is 6.07 Å². The van der Waals surface area contributed by atoms with Gasteiger partial charge < -0.3 is 14.6 Å². The smallest absolute Gasteiger partial charge is 0.371 e. The lowest BCUT2D eigenvalue weighted by Gasteiger charge is -2.29. The molecule has 0 radical (unpaired) electrons. The van der Waals surface area contributed by atoms with Crippen LogP contribution in [0.3, 0.4) is 0 Å². The molecule has 0 spiro atoms. The van der Waals surface area contributed by atoms with Gasteiger partial charge in [-0.2, -0.15) is 0 Å². The zero-order chi connectivity index (χ0) is 12.4. The molecule has 1 aromatic heterocycles. The van der Waals surface area contributed by atoms with Crippen LogP contribution in [0.15, 0.2) is 16.5 Å².